The molecule has 4 nitrogen and oxygen atoms in total. The highest BCUT2D eigenvalue weighted by Gasteiger charge is 2.24. The third-order valence-electron chi connectivity index (χ3n) is 2.82. The molecule has 2 aromatic rings. The predicted octanol–water partition coefficient (Wildman–Crippen LogP) is 3.72. The zero-order chi connectivity index (χ0) is 15.9. The first-order valence-electron chi connectivity index (χ1n) is 5.90. The van der Waals surface area contributed by atoms with Crippen LogP contribution in [0.2, 0.25) is 0 Å². The molecule has 0 saturated heterocycles. The minimum absolute atomic E-state index is 0.0690. The molecular weight excluding hydrogens is 400 g/mol. The number of hydrogen-bond donors (Lipinski definition) is 1. The number of halogens is 4. The van der Waals surface area contributed by atoms with Crippen molar-refractivity contribution in [3.8, 4) is 5.69 Å². The van der Waals surface area contributed by atoms with Gasteiger partial charge in [0.25, 0.3) is 0 Å². The van der Waals surface area contributed by atoms with Crippen LogP contribution in [0.5, 0.6) is 0 Å². The average molecular weight is 410 g/mol. The van der Waals surface area contributed by atoms with Gasteiger partial charge < -0.3 is 5.11 Å². The molecule has 1 N–H and O–H groups in total. The van der Waals surface area contributed by atoms with Crippen molar-refractivity contribution in [3.05, 3.63) is 44.5 Å². The van der Waals surface area contributed by atoms with E-state index in [0.29, 0.717) is 9.26 Å². The Morgan fingerprint density at radius 1 is 1.29 bits per heavy atom. The summed E-state index contributed by atoms with van der Waals surface area (Å²) < 4.78 is 41.2. The summed E-state index contributed by atoms with van der Waals surface area (Å²) in [6.45, 7) is 3.58. The summed E-state index contributed by atoms with van der Waals surface area (Å²) in [4.78, 5) is 11.1. The van der Waals surface area contributed by atoms with Gasteiger partial charge in [-0.15, -0.1) is 0 Å². The van der Waals surface area contributed by atoms with Gasteiger partial charge >= 0.3 is 5.97 Å². The van der Waals surface area contributed by atoms with Crippen LogP contribution in [-0.4, -0.2) is 20.9 Å². The average Bonchev–Trinajstić information content (AvgIpc) is 2.73. The van der Waals surface area contributed by atoms with Gasteiger partial charge in [0.1, 0.15) is 0 Å². The molecule has 0 radical (unpaired) electrons. The topological polar surface area (TPSA) is 55.1 Å². The lowest BCUT2D eigenvalue weighted by molar-refractivity contribution is 0.0689. The summed E-state index contributed by atoms with van der Waals surface area (Å²) in [5, 5.41) is 13.0. The first-order valence-corrected chi connectivity index (χ1v) is 6.98. The number of nitrogens with zero attached hydrogens (tertiary/aromatic N) is 2. The van der Waals surface area contributed by atoms with Gasteiger partial charge in [0, 0.05) is 12.1 Å². The Bertz CT molecular complexity index is 705. The summed E-state index contributed by atoms with van der Waals surface area (Å²) >= 11 is 1.82. The largest absolute Gasteiger partial charge is 0.476 e. The highest BCUT2D eigenvalue weighted by molar-refractivity contribution is 14.1. The number of rotatable bonds is 3. The molecule has 1 heterocycles. The Kier molecular flexibility index (Phi) is 4.26. The van der Waals surface area contributed by atoms with Crippen molar-refractivity contribution < 1.29 is 23.1 Å². The molecule has 0 spiro atoms. The Balaban J connectivity index is 2.74. The Labute approximate surface area is 131 Å². The summed E-state index contributed by atoms with van der Waals surface area (Å²) in [5.41, 5.74) is 0.198. The van der Waals surface area contributed by atoms with Gasteiger partial charge in [-0.05, 0) is 28.5 Å². The van der Waals surface area contributed by atoms with E-state index in [4.69, 9.17) is 5.11 Å². The van der Waals surface area contributed by atoms with Gasteiger partial charge in [-0.3, -0.25) is 0 Å². The van der Waals surface area contributed by atoms with Crippen molar-refractivity contribution in [1.29, 1.82) is 0 Å². The quantitative estimate of drug-likeness (QED) is 0.620. The van der Waals surface area contributed by atoms with E-state index in [-0.39, 0.29) is 17.3 Å². The molecule has 1 aromatic heterocycles. The first-order chi connectivity index (χ1) is 9.73. The lowest BCUT2D eigenvalue weighted by atomic mass is 10.1. The minimum Gasteiger partial charge on any atom is -0.476 e. The number of aromatic nitrogens is 2. The molecule has 0 aliphatic rings. The zero-order valence-corrected chi connectivity index (χ0v) is 13.2. The lowest BCUT2D eigenvalue weighted by Gasteiger charge is -2.11. The van der Waals surface area contributed by atoms with Crippen molar-refractivity contribution in [2.45, 2.75) is 19.8 Å². The maximum absolute atomic E-state index is 13.4. The Morgan fingerprint density at radius 2 is 1.81 bits per heavy atom. The highest BCUT2D eigenvalue weighted by atomic mass is 127. The van der Waals surface area contributed by atoms with Crippen LogP contribution in [0.25, 0.3) is 5.69 Å². The normalized spacial score (nSPS) is 11.2. The van der Waals surface area contributed by atoms with Gasteiger partial charge in [0.15, 0.2) is 23.1 Å². The van der Waals surface area contributed by atoms with E-state index < -0.39 is 23.4 Å². The van der Waals surface area contributed by atoms with Gasteiger partial charge in [0.2, 0.25) is 0 Å². The lowest BCUT2D eigenvalue weighted by Crippen LogP contribution is -2.07. The van der Waals surface area contributed by atoms with Crippen molar-refractivity contribution in [2.75, 3.05) is 0 Å². The maximum atomic E-state index is 13.4. The molecule has 21 heavy (non-hydrogen) atoms. The second kappa shape index (κ2) is 5.66. The van der Waals surface area contributed by atoms with Crippen LogP contribution >= 0.6 is 22.6 Å². The third kappa shape index (κ3) is 2.76. The summed E-state index contributed by atoms with van der Waals surface area (Å²) in [7, 11) is 0. The van der Waals surface area contributed by atoms with Gasteiger partial charge in [-0.2, -0.15) is 5.10 Å². The second-order valence-electron chi connectivity index (χ2n) is 4.64. The highest BCUT2D eigenvalue weighted by Crippen LogP contribution is 2.28. The molecule has 0 aliphatic carbocycles. The monoisotopic (exact) mass is 410 g/mol. The van der Waals surface area contributed by atoms with Crippen LogP contribution in [-0.2, 0) is 0 Å². The molecular formula is C13H10F3IN2O2. The number of hydrogen-bond acceptors (Lipinski definition) is 2. The van der Waals surface area contributed by atoms with Crippen LogP contribution < -0.4 is 0 Å². The molecule has 1 aromatic carbocycles. The molecule has 0 bridgehead atoms. The predicted molar refractivity (Wildman–Crippen MR) is 77.2 cm³/mol. The number of carbonyl (C=O) groups is 1. The number of carboxylic acid groups (broad SMARTS) is 1. The van der Waals surface area contributed by atoms with Crippen LogP contribution in [0.4, 0.5) is 13.2 Å². The summed E-state index contributed by atoms with van der Waals surface area (Å²) in [6, 6.07) is 1.55. The molecule has 2 rings (SSSR count). The fraction of sp³-hybridized carbons (Fsp3) is 0.231. The molecule has 0 atom stereocenters. The first kappa shape index (κ1) is 15.8. The molecule has 0 saturated carbocycles. The van der Waals surface area contributed by atoms with E-state index in [1.165, 1.54) is 0 Å². The minimum atomic E-state index is -1.58. The fourth-order valence-electron chi connectivity index (χ4n) is 1.91. The van der Waals surface area contributed by atoms with Crippen LogP contribution in [0.1, 0.15) is 35.9 Å². The summed E-state index contributed by atoms with van der Waals surface area (Å²) in [5.74, 6) is -5.69. The molecule has 0 fully saturated rings. The molecule has 8 heteroatoms. The fourth-order valence-corrected chi connectivity index (χ4v) is 3.10. The van der Waals surface area contributed by atoms with Gasteiger partial charge in [-0.25, -0.2) is 22.6 Å². The van der Waals surface area contributed by atoms with Crippen LogP contribution in [0.3, 0.4) is 0 Å². The molecule has 0 unspecified atom stereocenters. The van der Waals surface area contributed by atoms with Crippen molar-refractivity contribution in [1.82, 2.24) is 9.78 Å². The second-order valence-corrected chi connectivity index (χ2v) is 5.72. The third-order valence-corrected chi connectivity index (χ3v) is 3.89. The van der Waals surface area contributed by atoms with E-state index in [1.54, 1.807) is 13.8 Å². The number of carboxylic acids is 1. The smallest absolute Gasteiger partial charge is 0.357 e. The Morgan fingerprint density at radius 3 is 2.24 bits per heavy atom. The van der Waals surface area contributed by atoms with Crippen molar-refractivity contribution in [2.24, 2.45) is 0 Å². The maximum Gasteiger partial charge on any atom is 0.357 e. The molecule has 0 amide bonds. The van der Waals surface area contributed by atoms with Crippen molar-refractivity contribution >= 4 is 28.6 Å². The molecule has 112 valence electrons. The van der Waals surface area contributed by atoms with Gasteiger partial charge in [0.05, 0.1) is 15.0 Å². The molecule has 0 aliphatic heterocycles. The van der Waals surface area contributed by atoms with Crippen molar-refractivity contribution in [3.63, 3.8) is 0 Å². The zero-order valence-electron chi connectivity index (χ0n) is 11.0. The van der Waals surface area contributed by atoms with Crippen LogP contribution in [0, 0.1) is 21.0 Å². The summed E-state index contributed by atoms with van der Waals surface area (Å²) in [6.07, 6.45) is 0. The van der Waals surface area contributed by atoms with E-state index in [2.05, 4.69) is 5.10 Å². The van der Waals surface area contributed by atoms with E-state index in [9.17, 15) is 18.0 Å². The van der Waals surface area contributed by atoms with Gasteiger partial charge in [-0.1, -0.05) is 13.8 Å². The number of aromatic carboxylic acids is 1. The van der Waals surface area contributed by atoms with Crippen LogP contribution in [0.15, 0.2) is 12.1 Å². The Hall–Kier alpha value is -1.58. The van der Waals surface area contributed by atoms with E-state index in [0.717, 1.165) is 16.8 Å². The van der Waals surface area contributed by atoms with E-state index >= 15 is 0 Å². The SMILES string of the molecule is CC(C)c1c(I)c(C(=O)O)nn1-c1cc(F)c(F)c(F)c1. The standard InChI is InChI=1S/C13H10F3IN2O2/c1-5(2)12-10(17)11(13(20)21)18-19(12)6-3-7(14)9(16)8(15)4-6/h3-5H,1-2H3,(H,20,21). The van der Waals surface area contributed by atoms with E-state index in [1.807, 2.05) is 22.6 Å². The number of benzene rings is 1.